The molecule has 2 fully saturated rings. The van der Waals surface area contributed by atoms with Crippen LogP contribution in [0.5, 0.6) is 0 Å². The monoisotopic (exact) mass is 719 g/mol. The molecule has 1 unspecified atom stereocenters. The summed E-state index contributed by atoms with van der Waals surface area (Å²) < 4.78 is 25.3. The molecule has 290 valence electrons. The second-order valence-electron chi connectivity index (χ2n) is 14.8. The summed E-state index contributed by atoms with van der Waals surface area (Å²) >= 11 is 0. The highest BCUT2D eigenvalue weighted by atomic mass is 19.1. The Kier molecular flexibility index (Phi) is 20.5. The first kappa shape index (κ1) is 43.6. The highest BCUT2D eigenvalue weighted by molar-refractivity contribution is 5.49. The standard InChI is InChI=1S/C24H33FN2O.C19H32N2O.C2H6/c1-4-19(2)15-22-9-10-24(23(25)16-22)27-13-11-26(12-14-27)17-20-5-7-21(8-6-20)18-28-3;1-4-22-16-19-7-5-18(6-8-19)15-21-13-11-20(12-14-21)10-9-17(2)3;1-2/h5-10,16,19H,4,11-15,17-18H2,1-3H3;5-8,17H,4,9-16H2,1-3H3;1-2H3. The highest BCUT2D eigenvalue weighted by Crippen LogP contribution is 2.24. The maximum atomic E-state index is 14.7. The summed E-state index contributed by atoms with van der Waals surface area (Å²) in [7, 11) is 1.72. The molecule has 0 saturated carbocycles. The Morgan fingerprint density at radius 3 is 1.60 bits per heavy atom. The van der Waals surface area contributed by atoms with Gasteiger partial charge in [0.1, 0.15) is 5.82 Å². The maximum absolute atomic E-state index is 14.7. The summed E-state index contributed by atoms with van der Waals surface area (Å²) in [5, 5.41) is 0. The number of ether oxygens (including phenoxy) is 2. The Bertz CT molecular complexity index is 1350. The van der Waals surface area contributed by atoms with Crippen molar-refractivity contribution in [1.29, 1.82) is 0 Å². The number of anilines is 1. The van der Waals surface area contributed by atoms with Crippen LogP contribution in [0.3, 0.4) is 0 Å². The van der Waals surface area contributed by atoms with Crippen LogP contribution >= 0.6 is 0 Å². The van der Waals surface area contributed by atoms with Crippen molar-refractivity contribution in [3.8, 4) is 0 Å². The summed E-state index contributed by atoms with van der Waals surface area (Å²) in [5.74, 6) is 1.33. The number of methoxy groups -OCH3 is 1. The molecule has 0 bridgehead atoms. The van der Waals surface area contributed by atoms with E-state index in [1.165, 1.54) is 61.4 Å². The zero-order chi connectivity index (χ0) is 37.7. The van der Waals surface area contributed by atoms with E-state index in [1.54, 1.807) is 13.2 Å². The lowest BCUT2D eigenvalue weighted by atomic mass is 9.98. The Balaban J connectivity index is 0.000000275. The molecule has 2 heterocycles. The number of rotatable bonds is 16. The molecule has 0 N–H and O–H groups in total. The smallest absolute Gasteiger partial charge is 0.146 e. The molecule has 0 amide bonds. The number of hydrogen-bond donors (Lipinski definition) is 0. The van der Waals surface area contributed by atoms with Crippen LogP contribution < -0.4 is 4.90 Å². The molecule has 0 radical (unpaired) electrons. The molecule has 2 aliphatic rings. The van der Waals surface area contributed by atoms with Gasteiger partial charge < -0.3 is 19.3 Å². The van der Waals surface area contributed by atoms with Gasteiger partial charge in [-0.15, -0.1) is 0 Å². The van der Waals surface area contributed by atoms with Crippen LogP contribution in [0.25, 0.3) is 0 Å². The number of hydrogen-bond acceptors (Lipinski definition) is 6. The number of benzene rings is 3. The van der Waals surface area contributed by atoms with E-state index < -0.39 is 0 Å². The summed E-state index contributed by atoms with van der Waals surface area (Å²) in [6.45, 7) is 29.0. The fourth-order valence-corrected chi connectivity index (χ4v) is 6.62. The quantitative estimate of drug-likeness (QED) is 0.147. The molecule has 0 aliphatic carbocycles. The van der Waals surface area contributed by atoms with Crippen LogP contribution in [0.2, 0.25) is 0 Å². The molecule has 7 heteroatoms. The number of halogens is 1. The van der Waals surface area contributed by atoms with Crippen molar-refractivity contribution in [2.75, 3.05) is 77.5 Å². The molecule has 0 aromatic heterocycles. The van der Waals surface area contributed by atoms with Gasteiger partial charge in [-0.2, -0.15) is 0 Å². The third-order valence-corrected chi connectivity index (χ3v) is 10.1. The van der Waals surface area contributed by atoms with E-state index in [0.29, 0.717) is 12.5 Å². The zero-order valence-electron chi connectivity index (χ0n) is 34.0. The van der Waals surface area contributed by atoms with E-state index in [1.807, 2.05) is 26.8 Å². The summed E-state index contributed by atoms with van der Waals surface area (Å²) in [4.78, 5) is 9.81. The van der Waals surface area contributed by atoms with Crippen molar-refractivity contribution >= 4 is 5.69 Å². The van der Waals surface area contributed by atoms with Crippen molar-refractivity contribution in [3.63, 3.8) is 0 Å². The predicted molar refractivity (Wildman–Crippen MR) is 218 cm³/mol. The van der Waals surface area contributed by atoms with Crippen LogP contribution in [0, 0.1) is 17.7 Å². The molecule has 3 aromatic carbocycles. The van der Waals surface area contributed by atoms with Crippen LogP contribution in [0.15, 0.2) is 66.7 Å². The molecule has 52 heavy (non-hydrogen) atoms. The first-order valence-electron chi connectivity index (χ1n) is 20.2. The van der Waals surface area contributed by atoms with E-state index in [9.17, 15) is 4.39 Å². The van der Waals surface area contributed by atoms with Gasteiger partial charge in [0.2, 0.25) is 0 Å². The lowest BCUT2D eigenvalue weighted by Gasteiger charge is -2.36. The molecule has 3 aromatic rings. The highest BCUT2D eigenvalue weighted by Gasteiger charge is 2.20. The molecule has 5 rings (SSSR count). The second kappa shape index (κ2) is 24.5. The Labute approximate surface area is 317 Å². The van der Waals surface area contributed by atoms with Gasteiger partial charge in [-0.25, -0.2) is 4.39 Å². The van der Waals surface area contributed by atoms with Gasteiger partial charge in [0, 0.05) is 79.2 Å². The van der Waals surface area contributed by atoms with E-state index in [0.717, 1.165) is 82.5 Å². The Morgan fingerprint density at radius 1 is 0.635 bits per heavy atom. The first-order chi connectivity index (χ1) is 25.3. The molecular formula is C45H71FN4O2. The third kappa shape index (κ3) is 15.7. The van der Waals surface area contributed by atoms with Gasteiger partial charge in [0.05, 0.1) is 18.9 Å². The fourth-order valence-electron chi connectivity index (χ4n) is 6.62. The minimum Gasteiger partial charge on any atom is -0.380 e. The average Bonchev–Trinajstić information content (AvgIpc) is 3.16. The summed E-state index contributed by atoms with van der Waals surface area (Å²) in [6, 6.07) is 23.3. The number of nitrogens with zero attached hydrogens (tertiary/aromatic N) is 4. The largest absolute Gasteiger partial charge is 0.380 e. The molecular weight excluding hydrogens is 648 g/mol. The topological polar surface area (TPSA) is 31.4 Å². The second-order valence-corrected chi connectivity index (χ2v) is 14.8. The number of piperazine rings is 2. The third-order valence-electron chi connectivity index (χ3n) is 10.1. The zero-order valence-corrected chi connectivity index (χ0v) is 34.0. The summed E-state index contributed by atoms with van der Waals surface area (Å²) in [5.41, 5.74) is 7.04. The van der Waals surface area contributed by atoms with Crippen LogP contribution in [-0.4, -0.2) is 87.3 Å². The van der Waals surface area contributed by atoms with Crippen LogP contribution in [-0.2, 0) is 42.2 Å². The molecule has 2 aliphatic heterocycles. The minimum atomic E-state index is -0.0806. The summed E-state index contributed by atoms with van der Waals surface area (Å²) in [6.07, 6.45) is 3.40. The lowest BCUT2D eigenvalue weighted by molar-refractivity contribution is 0.123. The predicted octanol–water partition coefficient (Wildman–Crippen LogP) is 9.30. The maximum Gasteiger partial charge on any atom is 0.146 e. The Hall–Kier alpha value is -2.81. The minimum absolute atomic E-state index is 0.0806. The van der Waals surface area contributed by atoms with Gasteiger partial charge >= 0.3 is 0 Å². The molecule has 1 atom stereocenters. The van der Waals surface area contributed by atoms with Crippen molar-refractivity contribution in [2.24, 2.45) is 11.8 Å². The molecule has 2 saturated heterocycles. The van der Waals surface area contributed by atoms with Gasteiger partial charge in [0.25, 0.3) is 0 Å². The first-order valence-corrected chi connectivity index (χ1v) is 20.2. The average molecular weight is 719 g/mol. The van der Waals surface area contributed by atoms with Gasteiger partial charge in [-0.3, -0.25) is 9.80 Å². The fraction of sp³-hybridized carbons (Fsp3) is 0.600. The Morgan fingerprint density at radius 2 is 1.12 bits per heavy atom. The van der Waals surface area contributed by atoms with E-state index in [2.05, 4.69) is 102 Å². The van der Waals surface area contributed by atoms with Crippen molar-refractivity contribution in [3.05, 3.63) is 100 Å². The van der Waals surface area contributed by atoms with Crippen LogP contribution in [0.1, 0.15) is 89.1 Å². The SMILES string of the molecule is CC.CCC(C)Cc1ccc(N2CCN(Cc3ccc(COC)cc3)CC2)c(F)c1.CCOCc1ccc(CN2CCN(CCC(C)C)CC2)cc1. The normalized spacial score (nSPS) is 16.2. The van der Waals surface area contributed by atoms with E-state index >= 15 is 0 Å². The van der Waals surface area contributed by atoms with Crippen molar-refractivity contribution < 1.29 is 13.9 Å². The van der Waals surface area contributed by atoms with Crippen molar-refractivity contribution in [1.82, 2.24) is 14.7 Å². The van der Waals surface area contributed by atoms with Crippen LogP contribution in [0.4, 0.5) is 10.1 Å². The van der Waals surface area contributed by atoms with Crippen molar-refractivity contribution in [2.45, 2.75) is 94.0 Å². The van der Waals surface area contributed by atoms with E-state index in [4.69, 9.17) is 9.47 Å². The molecule has 0 spiro atoms. The van der Waals surface area contributed by atoms with Gasteiger partial charge in [0.15, 0.2) is 0 Å². The van der Waals surface area contributed by atoms with Gasteiger partial charge in [-0.1, -0.05) is 103 Å². The molecule has 6 nitrogen and oxygen atoms in total. The van der Waals surface area contributed by atoms with Gasteiger partial charge in [-0.05, 0) is 78.1 Å². The van der Waals surface area contributed by atoms with E-state index in [-0.39, 0.29) is 5.82 Å². The lowest BCUT2D eigenvalue weighted by Crippen LogP contribution is -2.46.